The Balaban J connectivity index is 3.05. The van der Waals surface area contributed by atoms with E-state index in [9.17, 15) is 4.79 Å². The second-order valence-electron chi connectivity index (χ2n) is 7.24. The maximum Gasteiger partial charge on any atom is 0.303 e. The summed E-state index contributed by atoms with van der Waals surface area (Å²) in [5.41, 5.74) is 5.18. The standard InChI is InChI=1S/C22H34O2/c1-16(2)21-14-13-18(4)10-7-9-17(3)11-8-12-19(5)22(15-21)24-20(6)23/h9,12-13,21-22H,1,7-8,10-11,14-15H2,2-6H3/b17-9+,18-13+,19-12+. The van der Waals surface area contributed by atoms with Crippen molar-refractivity contribution in [2.75, 3.05) is 0 Å². The monoisotopic (exact) mass is 330 g/mol. The fraction of sp³-hybridized carbons (Fsp3) is 0.591. The van der Waals surface area contributed by atoms with Crippen molar-refractivity contribution in [1.29, 1.82) is 0 Å². The Kier molecular flexibility index (Phi) is 8.81. The normalized spacial score (nSPS) is 30.6. The number of carbonyl (C=O) groups is 1. The Morgan fingerprint density at radius 3 is 2.21 bits per heavy atom. The molecule has 0 heterocycles. The van der Waals surface area contributed by atoms with Crippen LogP contribution in [-0.4, -0.2) is 12.1 Å². The Bertz CT molecular complexity index is 534. The van der Waals surface area contributed by atoms with Crippen LogP contribution >= 0.6 is 0 Å². The molecule has 0 N–H and O–H groups in total. The molecule has 0 aliphatic heterocycles. The maximum absolute atomic E-state index is 11.5. The lowest BCUT2D eigenvalue weighted by molar-refractivity contribution is -0.145. The summed E-state index contributed by atoms with van der Waals surface area (Å²) in [5.74, 6) is 0.130. The first-order chi connectivity index (χ1) is 11.3. The van der Waals surface area contributed by atoms with Gasteiger partial charge in [0.05, 0.1) is 0 Å². The van der Waals surface area contributed by atoms with Gasteiger partial charge in [0.2, 0.25) is 0 Å². The summed E-state index contributed by atoms with van der Waals surface area (Å²) in [5, 5.41) is 0. The maximum atomic E-state index is 11.5. The first-order valence-electron chi connectivity index (χ1n) is 9.10. The minimum absolute atomic E-state index is 0.148. The molecular formula is C22H34O2. The van der Waals surface area contributed by atoms with Crippen LogP contribution in [-0.2, 0) is 9.53 Å². The highest BCUT2D eigenvalue weighted by Crippen LogP contribution is 2.27. The third kappa shape index (κ3) is 7.81. The van der Waals surface area contributed by atoms with E-state index in [0.29, 0.717) is 5.92 Å². The van der Waals surface area contributed by atoms with Gasteiger partial charge >= 0.3 is 5.97 Å². The highest BCUT2D eigenvalue weighted by molar-refractivity contribution is 5.66. The third-order valence-electron chi connectivity index (χ3n) is 4.80. The molecule has 134 valence electrons. The summed E-state index contributed by atoms with van der Waals surface area (Å²) < 4.78 is 5.61. The number of carbonyl (C=O) groups excluding carboxylic acids is 1. The zero-order chi connectivity index (χ0) is 18.1. The van der Waals surface area contributed by atoms with Crippen LogP contribution in [0.1, 0.15) is 73.1 Å². The third-order valence-corrected chi connectivity index (χ3v) is 4.80. The lowest BCUT2D eigenvalue weighted by atomic mass is 9.88. The molecule has 0 spiro atoms. The molecule has 0 fully saturated rings. The van der Waals surface area contributed by atoms with Crippen LogP contribution in [0.5, 0.6) is 0 Å². The minimum atomic E-state index is -0.211. The molecule has 0 saturated heterocycles. The molecule has 2 heteroatoms. The SMILES string of the molecule is C=C(C)C1C/C=C(\C)CC/C=C(\C)CC/C=C(\C)C(OC(C)=O)C1. The topological polar surface area (TPSA) is 26.3 Å². The van der Waals surface area contributed by atoms with Gasteiger partial charge < -0.3 is 4.74 Å². The van der Waals surface area contributed by atoms with E-state index in [1.165, 1.54) is 18.1 Å². The zero-order valence-electron chi connectivity index (χ0n) is 16.2. The minimum Gasteiger partial charge on any atom is -0.458 e. The van der Waals surface area contributed by atoms with Gasteiger partial charge in [-0.25, -0.2) is 0 Å². The average Bonchev–Trinajstić information content (AvgIpc) is 2.48. The van der Waals surface area contributed by atoms with Crippen molar-refractivity contribution in [3.8, 4) is 0 Å². The molecule has 2 unspecified atom stereocenters. The summed E-state index contributed by atoms with van der Waals surface area (Å²) in [6, 6.07) is 0. The van der Waals surface area contributed by atoms with Crippen LogP contribution in [0.2, 0.25) is 0 Å². The molecule has 1 aliphatic rings. The van der Waals surface area contributed by atoms with Crippen LogP contribution in [0.15, 0.2) is 47.1 Å². The van der Waals surface area contributed by atoms with E-state index >= 15 is 0 Å². The van der Waals surface area contributed by atoms with Crippen molar-refractivity contribution >= 4 is 5.97 Å². The van der Waals surface area contributed by atoms with Gasteiger partial charge in [0.1, 0.15) is 6.10 Å². The highest BCUT2D eigenvalue weighted by atomic mass is 16.5. The van der Waals surface area contributed by atoms with E-state index in [-0.39, 0.29) is 12.1 Å². The van der Waals surface area contributed by atoms with E-state index < -0.39 is 0 Å². The summed E-state index contributed by atoms with van der Waals surface area (Å²) in [7, 11) is 0. The van der Waals surface area contributed by atoms with E-state index in [2.05, 4.69) is 52.5 Å². The van der Waals surface area contributed by atoms with E-state index in [0.717, 1.165) is 49.7 Å². The van der Waals surface area contributed by atoms with Gasteiger partial charge in [-0.05, 0) is 77.7 Å². The molecule has 0 amide bonds. The molecule has 1 rings (SSSR count). The summed E-state index contributed by atoms with van der Waals surface area (Å²) in [6.45, 7) is 14.2. The van der Waals surface area contributed by atoms with Gasteiger partial charge in [-0.2, -0.15) is 0 Å². The number of esters is 1. The first kappa shape index (κ1) is 20.5. The van der Waals surface area contributed by atoms with Gasteiger partial charge in [-0.3, -0.25) is 4.79 Å². The number of rotatable bonds is 2. The quantitative estimate of drug-likeness (QED) is 0.438. The second-order valence-corrected chi connectivity index (χ2v) is 7.24. The Morgan fingerprint density at radius 1 is 1.04 bits per heavy atom. The van der Waals surface area contributed by atoms with Crippen LogP contribution < -0.4 is 0 Å². The molecular weight excluding hydrogens is 296 g/mol. The molecule has 0 aromatic carbocycles. The molecule has 2 nitrogen and oxygen atoms in total. The fourth-order valence-electron chi connectivity index (χ4n) is 3.04. The van der Waals surface area contributed by atoms with Crippen molar-refractivity contribution in [3.63, 3.8) is 0 Å². The number of allylic oxidation sites excluding steroid dienone is 6. The van der Waals surface area contributed by atoms with Crippen LogP contribution in [0.4, 0.5) is 0 Å². The molecule has 0 aromatic rings. The zero-order valence-corrected chi connectivity index (χ0v) is 16.2. The summed E-state index contributed by atoms with van der Waals surface area (Å²) in [6.07, 6.45) is 12.8. The summed E-state index contributed by atoms with van der Waals surface area (Å²) >= 11 is 0. The fourth-order valence-corrected chi connectivity index (χ4v) is 3.04. The van der Waals surface area contributed by atoms with Crippen LogP contribution in [0, 0.1) is 5.92 Å². The smallest absolute Gasteiger partial charge is 0.303 e. The molecule has 0 radical (unpaired) electrons. The lowest BCUT2D eigenvalue weighted by Gasteiger charge is -2.24. The molecule has 0 bridgehead atoms. The molecule has 1 aliphatic carbocycles. The van der Waals surface area contributed by atoms with Gasteiger partial charge in [0.25, 0.3) is 0 Å². The van der Waals surface area contributed by atoms with Crippen LogP contribution in [0.25, 0.3) is 0 Å². The predicted molar refractivity (Wildman–Crippen MR) is 103 cm³/mol. The largest absolute Gasteiger partial charge is 0.458 e. The number of ether oxygens (including phenoxy) is 1. The molecule has 24 heavy (non-hydrogen) atoms. The van der Waals surface area contributed by atoms with Crippen LogP contribution in [0.3, 0.4) is 0 Å². The van der Waals surface area contributed by atoms with E-state index in [4.69, 9.17) is 4.74 Å². The van der Waals surface area contributed by atoms with Gasteiger partial charge in [0.15, 0.2) is 0 Å². The number of hydrogen-bond acceptors (Lipinski definition) is 2. The number of hydrogen-bond donors (Lipinski definition) is 0. The summed E-state index contributed by atoms with van der Waals surface area (Å²) in [4.78, 5) is 11.5. The van der Waals surface area contributed by atoms with Gasteiger partial charge in [0, 0.05) is 6.92 Å². The Morgan fingerprint density at radius 2 is 1.62 bits per heavy atom. The van der Waals surface area contributed by atoms with E-state index in [1.54, 1.807) is 0 Å². The lowest BCUT2D eigenvalue weighted by Crippen LogP contribution is -2.22. The predicted octanol–water partition coefficient (Wildman–Crippen LogP) is 6.30. The van der Waals surface area contributed by atoms with Gasteiger partial charge in [-0.15, -0.1) is 0 Å². The molecule has 0 aromatic heterocycles. The van der Waals surface area contributed by atoms with Crippen molar-refractivity contribution in [3.05, 3.63) is 47.1 Å². The first-order valence-corrected chi connectivity index (χ1v) is 9.10. The second kappa shape index (κ2) is 10.3. The Hall–Kier alpha value is -1.57. The van der Waals surface area contributed by atoms with Crippen molar-refractivity contribution in [1.82, 2.24) is 0 Å². The highest BCUT2D eigenvalue weighted by Gasteiger charge is 2.20. The molecule has 2 atom stereocenters. The van der Waals surface area contributed by atoms with Crippen molar-refractivity contribution in [2.24, 2.45) is 5.92 Å². The van der Waals surface area contributed by atoms with Gasteiger partial charge in [-0.1, -0.05) is 41.5 Å². The average molecular weight is 331 g/mol. The van der Waals surface area contributed by atoms with Crippen molar-refractivity contribution < 1.29 is 9.53 Å². The molecule has 0 saturated carbocycles. The Labute approximate surface area is 148 Å². The van der Waals surface area contributed by atoms with E-state index in [1.807, 2.05) is 0 Å². The van der Waals surface area contributed by atoms with Crippen molar-refractivity contribution in [2.45, 2.75) is 79.2 Å².